The molecule has 0 radical (unpaired) electrons. The molecule has 0 bridgehead atoms. The van der Waals surface area contributed by atoms with E-state index in [1.165, 1.54) is 15.9 Å². The monoisotopic (exact) mass is 334 g/mol. The summed E-state index contributed by atoms with van der Waals surface area (Å²) in [6.45, 7) is 0. The Morgan fingerprint density at radius 3 is 1.33 bits per heavy atom. The average Bonchev–Trinajstić information content (AvgIpc) is 2.68. The first-order valence-electron chi connectivity index (χ1n) is 8.48. The van der Waals surface area contributed by atoms with Gasteiger partial charge < -0.3 is 0 Å². The molecule has 1 nitrogen and oxygen atoms in total. The topological polar surface area (TPSA) is 17.1 Å². The van der Waals surface area contributed by atoms with Gasteiger partial charge in [-0.1, -0.05) is 0 Å². The van der Waals surface area contributed by atoms with Crippen molar-refractivity contribution in [1.29, 1.82) is 0 Å². The first-order valence-corrected chi connectivity index (χ1v) is 10.7. The summed E-state index contributed by atoms with van der Waals surface area (Å²) < 4.78 is 0. The summed E-state index contributed by atoms with van der Waals surface area (Å²) in [5, 5.41) is 4.23. The van der Waals surface area contributed by atoms with Crippen molar-refractivity contribution >= 4 is 29.5 Å². The molecule has 3 aromatic rings. The van der Waals surface area contributed by atoms with Crippen LogP contribution in [0.2, 0.25) is 0 Å². The Labute approximate surface area is 144 Å². The van der Waals surface area contributed by atoms with E-state index >= 15 is 0 Å². The molecule has 0 amide bonds. The van der Waals surface area contributed by atoms with Gasteiger partial charge >= 0.3 is 144 Å². The van der Waals surface area contributed by atoms with Crippen molar-refractivity contribution in [2.75, 3.05) is 6.16 Å². The Kier molecular flexibility index (Phi) is 5.56. The van der Waals surface area contributed by atoms with Crippen LogP contribution in [0.4, 0.5) is 0 Å². The van der Waals surface area contributed by atoms with E-state index in [4.69, 9.17) is 0 Å². The quantitative estimate of drug-likeness (QED) is 0.366. The van der Waals surface area contributed by atoms with Gasteiger partial charge in [-0.2, -0.15) is 0 Å². The summed E-state index contributed by atoms with van der Waals surface area (Å²) in [7, 11) is -2.12. The number of aldehydes is 1. The number of hydrogen-bond acceptors (Lipinski definition) is 1. The van der Waals surface area contributed by atoms with E-state index in [9.17, 15) is 4.79 Å². The molecule has 2 heteroatoms. The molecule has 3 rings (SSSR count). The molecule has 0 aliphatic rings. The first kappa shape index (κ1) is 16.6. The average molecular weight is 334 g/mol. The van der Waals surface area contributed by atoms with Crippen molar-refractivity contribution < 1.29 is 4.79 Å². The van der Waals surface area contributed by atoms with Crippen molar-refractivity contribution in [2.24, 2.45) is 0 Å². The van der Waals surface area contributed by atoms with Crippen LogP contribution >= 0.6 is 7.26 Å². The molecule has 3 aromatic carbocycles. The number of unbranched alkanes of at least 4 members (excludes halogenated alkanes) is 1. The molecule has 0 aliphatic heterocycles. The zero-order chi connectivity index (χ0) is 16.7. The van der Waals surface area contributed by atoms with Gasteiger partial charge in [-0.15, -0.1) is 0 Å². The van der Waals surface area contributed by atoms with Gasteiger partial charge in [0.05, 0.1) is 0 Å². The summed E-state index contributed by atoms with van der Waals surface area (Å²) in [4.78, 5) is 10.9. The van der Waals surface area contributed by atoms with Gasteiger partial charge in [-0.25, -0.2) is 0 Å². The third-order valence-corrected chi connectivity index (χ3v) is 9.73. The minimum absolute atomic E-state index is 0.626. The van der Waals surface area contributed by atoms with Crippen LogP contribution in [0.5, 0.6) is 0 Å². The van der Waals surface area contributed by atoms with Crippen LogP contribution in [0, 0.1) is 0 Å². The van der Waals surface area contributed by atoms with Gasteiger partial charge in [-0.3, -0.25) is 0 Å². The predicted octanol–water partition coefficient (Wildman–Crippen LogP) is 3.69. The number of benzene rings is 3. The van der Waals surface area contributed by atoms with E-state index in [0.717, 1.165) is 18.9 Å². The summed E-state index contributed by atoms with van der Waals surface area (Å²) in [6.07, 6.45) is 3.64. The second kappa shape index (κ2) is 8.04. The Balaban J connectivity index is 2.22. The molecule has 0 aromatic heterocycles. The zero-order valence-electron chi connectivity index (χ0n) is 13.8. The molecular weight excluding hydrogens is 311 g/mol. The van der Waals surface area contributed by atoms with Gasteiger partial charge in [0.15, 0.2) is 0 Å². The molecule has 122 valence electrons. The standard InChI is InChI=1S/C22H23OP/c23-18-10-11-19-24(20-12-4-1-5-13-20,21-14-6-2-7-15-21)22-16-8-3-9-17-22/h1-9,12-18,24H,10-11,19H2. The van der Waals surface area contributed by atoms with Crippen LogP contribution in [0.15, 0.2) is 91.0 Å². The maximum absolute atomic E-state index is 10.9. The molecule has 24 heavy (non-hydrogen) atoms. The molecule has 0 aliphatic carbocycles. The van der Waals surface area contributed by atoms with Crippen LogP contribution in [-0.2, 0) is 4.79 Å². The van der Waals surface area contributed by atoms with Gasteiger partial charge in [0.2, 0.25) is 0 Å². The molecule has 0 N–H and O–H groups in total. The van der Waals surface area contributed by atoms with Crippen LogP contribution < -0.4 is 15.9 Å². The first-order chi connectivity index (χ1) is 11.9. The second-order valence-electron chi connectivity index (χ2n) is 6.06. The van der Waals surface area contributed by atoms with E-state index in [2.05, 4.69) is 91.0 Å². The van der Waals surface area contributed by atoms with E-state index in [0.29, 0.717) is 6.42 Å². The molecule has 0 saturated carbocycles. The molecule has 0 saturated heterocycles. The van der Waals surface area contributed by atoms with Crippen LogP contribution in [-0.4, -0.2) is 12.4 Å². The number of hydrogen-bond donors (Lipinski definition) is 0. The number of carbonyl (C=O) groups excluding carboxylic acids is 1. The zero-order valence-corrected chi connectivity index (χ0v) is 14.8. The van der Waals surface area contributed by atoms with E-state index in [-0.39, 0.29) is 0 Å². The number of carbonyl (C=O) groups is 1. The Morgan fingerprint density at radius 2 is 1.00 bits per heavy atom. The molecule has 0 unspecified atom stereocenters. The molecular formula is C22H23OP. The number of rotatable bonds is 7. The van der Waals surface area contributed by atoms with E-state index < -0.39 is 7.26 Å². The Hall–Kier alpha value is -2.24. The molecule has 0 fully saturated rings. The fraction of sp³-hybridized carbons (Fsp3) is 0.136. The summed E-state index contributed by atoms with van der Waals surface area (Å²) in [6, 6.07) is 32.5. The predicted molar refractivity (Wildman–Crippen MR) is 107 cm³/mol. The van der Waals surface area contributed by atoms with Crippen molar-refractivity contribution in [3.8, 4) is 0 Å². The minimum atomic E-state index is -2.12. The molecule has 0 heterocycles. The van der Waals surface area contributed by atoms with E-state index in [1.807, 2.05) is 0 Å². The fourth-order valence-corrected chi connectivity index (χ4v) is 8.44. The molecule has 0 atom stereocenters. The SMILES string of the molecule is O=CCCC[PH](c1ccccc1)(c1ccccc1)c1ccccc1. The fourth-order valence-electron chi connectivity index (χ4n) is 3.55. The Morgan fingerprint density at radius 1 is 0.625 bits per heavy atom. The second-order valence-corrected chi connectivity index (χ2v) is 10.1. The molecule has 0 spiro atoms. The summed E-state index contributed by atoms with van der Waals surface area (Å²) in [5.74, 6) is 0. The van der Waals surface area contributed by atoms with Crippen molar-refractivity contribution in [3.05, 3.63) is 91.0 Å². The Bertz CT molecular complexity index is 657. The summed E-state index contributed by atoms with van der Waals surface area (Å²) in [5.41, 5.74) is 0. The third kappa shape index (κ3) is 3.32. The van der Waals surface area contributed by atoms with Crippen LogP contribution in [0.3, 0.4) is 0 Å². The van der Waals surface area contributed by atoms with E-state index in [1.54, 1.807) is 0 Å². The third-order valence-electron chi connectivity index (χ3n) is 4.67. The van der Waals surface area contributed by atoms with Gasteiger partial charge in [-0.05, 0) is 0 Å². The van der Waals surface area contributed by atoms with Crippen molar-refractivity contribution in [2.45, 2.75) is 12.8 Å². The maximum atomic E-state index is 10.9. The van der Waals surface area contributed by atoms with Gasteiger partial charge in [0.25, 0.3) is 0 Å². The van der Waals surface area contributed by atoms with Crippen LogP contribution in [0.25, 0.3) is 0 Å². The van der Waals surface area contributed by atoms with Gasteiger partial charge in [0.1, 0.15) is 0 Å². The van der Waals surface area contributed by atoms with Crippen molar-refractivity contribution in [3.63, 3.8) is 0 Å². The van der Waals surface area contributed by atoms with Crippen LogP contribution in [0.1, 0.15) is 12.8 Å². The normalized spacial score (nSPS) is 11.8. The summed E-state index contributed by atoms with van der Waals surface area (Å²) >= 11 is 0. The van der Waals surface area contributed by atoms with Gasteiger partial charge in [0, 0.05) is 0 Å². The van der Waals surface area contributed by atoms with Crippen molar-refractivity contribution in [1.82, 2.24) is 0 Å².